The number of aliphatic carboxylic acids is 1. The van der Waals surface area contributed by atoms with Crippen LogP contribution in [0, 0.1) is 0 Å². The zero-order valence-corrected chi connectivity index (χ0v) is 22.1. The van der Waals surface area contributed by atoms with Crippen LogP contribution < -0.4 is 5.32 Å². The second-order valence-electron chi connectivity index (χ2n) is 10.4. The first kappa shape index (κ1) is 29.8. The minimum Gasteiger partial charge on any atom is -0.480 e. The highest BCUT2D eigenvalue weighted by molar-refractivity contribution is 5.81. The smallest absolute Gasteiger partial charge is 0.410 e. The number of unbranched alkanes of at least 4 members (excludes halogenated alkanes) is 1. The number of carboxylic acids is 1. The van der Waals surface area contributed by atoms with Crippen LogP contribution in [0.5, 0.6) is 0 Å². The Balaban J connectivity index is 1.52. The van der Waals surface area contributed by atoms with Gasteiger partial charge in [0.25, 0.3) is 0 Å². The Labute approximate surface area is 225 Å². The number of nitrogens with zero attached hydrogens (tertiary/aromatic N) is 1. The molecule has 0 aromatic heterocycles. The average molecular weight is 551 g/mol. The SMILES string of the molecule is CC(C)(C)OC(=O)N(CCCCC(NC(=O)OCC1c2ccccc2-c2ccccc21)C(=O)O)CC(F)(F)F. The van der Waals surface area contributed by atoms with E-state index in [0.717, 1.165) is 22.3 Å². The van der Waals surface area contributed by atoms with Crippen LogP contribution in [0.4, 0.5) is 22.8 Å². The van der Waals surface area contributed by atoms with Crippen molar-refractivity contribution in [2.45, 2.75) is 63.8 Å². The van der Waals surface area contributed by atoms with E-state index in [2.05, 4.69) is 5.32 Å². The van der Waals surface area contributed by atoms with Crippen LogP contribution in [-0.4, -0.2) is 65.7 Å². The summed E-state index contributed by atoms with van der Waals surface area (Å²) >= 11 is 0. The van der Waals surface area contributed by atoms with E-state index < -0.39 is 42.5 Å². The number of alkyl halides is 3. The van der Waals surface area contributed by atoms with Crippen molar-refractivity contribution in [1.82, 2.24) is 10.2 Å². The predicted octanol–water partition coefficient (Wildman–Crippen LogP) is 5.95. The Morgan fingerprint density at radius 3 is 2.05 bits per heavy atom. The summed E-state index contributed by atoms with van der Waals surface area (Å²) in [5.41, 5.74) is 3.15. The van der Waals surface area contributed by atoms with Crippen LogP contribution in [0.2, 0.25) is 0 Å². The van der Waals surface area contributed by atoms with E-state index in [4.69, 9.17) is 9.47 Å². The van der Waals surface area contributed by atoms with Gasteiger partial charge in [-0.05, 0) is 62.3 Å². The van der Waals surface area contributed by atoms with Gasteiger partial charge in [0.2, 0.25) is 0 Å². The molecule has 2 N–H and O–H groups in total. The normalized spacial score (nSPS) is 13.7. The average Bonchev–Trinajstić information content (AvgIpc) is 3.15. The van der Waals surface area contributed by atoms with Gasteiger partial charge in [0.05, 0.1) is 0 Å². The molecule has 1 atom stereocenters. The molecule has 2 aromatic carbocycles. The number of hydrogen-bond donors (Lipinski definition) is 2. The molecule has 1 aliphatic carbocycles. The first-order valence-electron chi connectivity index (χ1n) is 12.6. The van der Waals surface area contributed by atoms with Crippen molar-refractivity contribution in [2.75, 3.05) is 19.7 Å². The van der Waals surface area contributed by atoms with Crippen molar-refractivity contribution in [1.29, 1.82) is 0 Å². The van der Waals surface area contributed by atoms with Crippen LogP contribution in [0.3, 0.4) is 0 Å². The van der Waals surface area contributed by atoms with Gasteiger partial charge < -0.3 is 19.9 Å². The molecule has 0 saturated heterocycles. The minimum absolute atomic E-state index is 0.00842. The Morgan fingerprint density at radius 2 is 1.54 bits per heavy atom. The van der Waals surface area contributed by atoms with Crippen molar-refractivity contribution in [2.24, 2.45) is 0 Å². The molecule has 0 aliphatic heterocycles. The van der Waals surface area contributed by atoms with Gasteiger partial charge in [0, 0.05) is 12.5 Å². The van der Waals surface area contributed by atoms with Gasteiger partial charge in [-0.1, -0.05) is 48.5 Å². The molecule has 0 saturated carbocycles. The van der Waals surface area contributed by atoms with Gasteiger partial charge >= 0.3 is 24.3 Å². The molecule has 39 heavy (non-hydrogen) atoms. The van der Waals surface area contributed by atoms with Crippen LogP contribution in [0.25, 0.3) is 11.1 Å². The third-order valence-corrected chi connectivity index (χ3v) is 6.13. The van der Waals surface area contributed by atoms with Gasteiger partial charge in [-0.3, -0.25) is 4.90 Å². The molecule has 2 amide bonds. The summed E-state index contributed by atoms with van der Waals surface area (Å²) in [6, 6.07) is 14.3. The van der Waals surface area contributed by atoms with E-state index in [1.54, 1.807) is 20.8 Å². The number of carboxylic acid groups (broad SMARTS) is 1. The van der Waals surface area contributed by atoms with E-state index in [1.807, 2.05) is 48.5 Å². The van der Waals surface area contributed by atoms with Crippen molar-refractivity contribution in [3.05, 3.63) is 59.7 Å². The highest BCUT2D eigenvalue weighted by atomic mass is 19.4. The number of amides is 2. The number of ether oxygens (including phenoxy) is 2. The molecule has 1 unspecified atom stereocenters. The van der Waals surface area contributed by atoms with Crippen molar-refractivity contribution < 1.29 is 42.1 Å². The molecule has 11 heteroatoms. The first-order valence-corrected chi connectivity index (χ1v) is 12.6. The topological polar surface area (TPSA) is 105 Å². The van der Waals surface area contributed by atoms with Gasteiger partial charge in [-0.15, -0.1) is 0 Å². The molecular formula is C28H33F3N2O6. The Bertz CT molecular complexity index is 1130. The lowest BCUT2D eigenvalue weighted by Crippen LogP contribution is -2.43. The number of nitrogens with one attached hydrogen (secondary N) is 1. The summed E-state index contributed by atoms with van der Waals surface area (Å²) in [7, 11) is 0. The lowest BCUT2D eigenvalue weighted by Gasteiger charge is -2.28. The standard InChI is InChI=1S/C28H33F3N2O6/c1-27(2,3)39-26(37)33(17-28(29,30)31)15-9-8-14-23(24(34)35)32-25(36)38-16-22-20-12-6-4-10-18(20)19-11-5-7-13-21(19)22/h4-7,10-13,22-23H,8-9,14-17H2,1-3H3,(H,32,36)(H,34,35). The van der Waals surface area contributed by atoms with Crippen LogP contribution >= 0.6 is 0 Å². The summed E-state index contributed by atoms with van der Waals surface area (Å²) in [5, 5.41) is 11.9. The number of carbonyl (C=O) groups excluding carboxylic acids is 2. The zero-order valence-electron chi connectivity index (χ0n) is 22.1. The third-order valence-electron chi connectivity index (χ3n) is 6.13. The molecule has 0 spiro atoms. The largest absolute Gasteiger partial charge is 0.480 e. The van der Waals surface area contributed by atoms with Gasteiger partial charge in [-0.2, -0.15) is 13.2 Å². The predicted molar refractivity (Wildman–Crippen MR) is 137 cm³/mol. The molecule has 0 heterocycles. The van der Waals surface area contributed by atoms with Crippen molar-refractivity contribution in [3.8, 4) is 11.1 Å². The molecule has 8 nitrogen and oxygen atoms in total. The number of halogens is 3. The molecule has 2 aromatic rings. The Kier molecular flexibility index (Phi) is 9.47. The number of benzene rings is 2. The van der Waals surface area contributed by atoms with E-state index >= 15 is 0 Å². The van der Waals surface area contributed by atoms with E-state index in [0.29, 0.717) is 4.90 Å². The molecule has 0 radical (unpaired) electrons. The fourth-order valence-electron chi connectivity index (χ4n) is 4.47. The van der Waals surface area contributed by atoms with Crippen molar-refractivity contribution >= 4 is 18.2 Å². The van der Waals surface area contributed by atoms with E-state index in [-0.39, 0.29) is 38.3 Å². The van der Waals surface area contributed by atoms with E-state index in [1.165, 1.54) is 0 Å². The maximum atomic E-state index is 12.9. The molecule has 1 aliphatic rings. The molecule has 0 fully saturated rings. The highest BCUT2D eigenvalue weighted by Gasteiger charge is 2.35. The van der Waals surface area contributed by atoms with Crippen LogP contribution in [-0.2, 0) is 14.3 Å². The number of carbonyl (C=O) groups is 3. The minimum atomic E-state index is -4.62. The van der Waals surface area contributed by atoms with Gasteiger partial charge in [-0.25, -0.2) is 14.4 Å². The zero-order chi connectivity index (χ0) is 28.8. The summed E-state index contributed by atoms with van der Waals surface area (Å²) in [4.78, 5) is 36.9. The Hall–Kier alpha value is -3.76. The number of rotatable bonds is 10. The summed E-state index contributed by atoms with van der Waals surface area (Å²) in [5.74, 6) is -1.50. The molecule has 0 bridgehead atoms. The molecular weight excluding hydrogens is 517 g/mol. The monoisotopic (exact) mass is 550 g/mol. The van der Waals surface area contributed by atoms with Gasteiger partial charge in [0.15, 0.2) is 0 Å². The fourth-order valence-corrected chi connectivity index (χ4v) is 4.47. The number of fused-ring (bicyclic) bond motifs is 3. The first-order chi connectivity index (χ1) is 18.2. The number of hydrogen-bond acceptors (Lipinski definition) is 5. The summed E-state index contributed by atoms with van der Waals surface area (Å²) in [6.45, 7) is 2.87. The quantitative estimate of drug-likeness (QED) is 0.355. The van der Waals surface area contributed by atoms with Crippen LogP contribution in [0.1, 0.15) is 57.1 Å². The second-order valence-corrected chi connectivity index (χ2v) is 10.4. The summed E-state index contributed by atoms with van der Waals surface area (Å²) < 4.78 is 49.3. The third kappa shape index (κ3) is 8.62. The summed E-state index contributed by atoms with van der Waals surface area (Å²) in [6.07, 6.45) is -6.48. The van der Waals surface area contributed by atoms with E-state index in [9.17, 15) is 32.7 Å². The maximum Gasteiger partial charge on any atom is 0.410 e. The maximum absolute atomic E-state index is 12.9. The lowest BCUT2D eigenvalue weighted by atomic mass is 9.98. The van der Waals surface area contributed by atoms with Crippen molar-refractivity contribution in [3.63, 3.8) is 0 Å². The highest BCUT2D eigenvalue weighted by Crippen LogP contribution is 2.44. The van der Waals surface area contributed by atoms with Gasteiger partial charge in [0.1, 0.15) is 24.8 Å². The Morgan fingerprint density at radius 1 is 0.974 bits per heavy atom. The molecule has 3 rings (SSSR count). The second kappa shape index (κ2) is 12.4. The lowest BCUT2D eigenvalue weighted by molar-refractivity contribution is -0.144. The molecule has 212 valence electrons. The number of alkyl carbamates (subject to hydrolysis) is 1. The van der Waals surface area contributed by atoms with Crippen LogP contribution in [0.15, 0.2) is 48.5 Å². The fraction of sp³-hybridized carbons (Fsp3) is 0.464.